The maximum Gasteiger partial charge on any atom is 0.267 e. The minimum absolute atomic E-state index is 0.0903. The van der Waals surface area contributed by atoms with E-state index in [1.807, 2.05) is 0 Å². The summed E-state index contributed by atoms with van der Waals surface area (Å²) < 4.78 is 26.9. The summed E-state index contributed by atoms with van der Waals surface area (Å²) in [5, 5.41) is 2.61. The number of amides is 1. The number of rotatable bonds is 3. The third kappa shape index (κ3) is 2.54. The number of nitrogens with one attached hydrogen (secondary N) is 2. The van der Waals surface area contributed by atoms with Crippen molar-refractivity contribution in [3.8, 4) is 0 Å². The van der Waals surface area contributed by atoms with Gasteiger partial charge in [0.25, 0.3) is 5.91 Å². The van der Waals surface area contributed by atoms with E-state index in [9.17, 15) is 13.6 Å². The quantitative estimate of drug-likeness (QED) is 0.757. The van der Waals surface area contributed by atoms with Crippen LogP contribution in [0.25, 0.3) is 10.9 Å². The van der Waals surface area contributed by atoms with Crippen LogP contribution in [0, 0.1) is 11.6 Å². The van der Waals surface area contributed by atoms with E-state index >= 15 is 0 Å². The third-order valence-electron chi connectivity index (χ3n) is 2.73. The smallest absolute Gasteiger partial charge is 0.267 e. The molecule has 2 aromatic rings. The van der Waals surface area contributed by atoms with Gasteiger partial charge in [0, 0.05) is 18.0 Å². The zero-order valence-electron chi connectivity index (χ0n) is 10.1. The average Bonchev–Trinajstić information content (AvgIpc) is 2.80. The van der Waals surface area contributed by atoms with Gasteiger partial charge in [-0.15, -0.1) is 0 Å². The Hall–Kier alpha value is -1.66. The number of benzene rings is 1. The van der Waals surface area contributed by atoms with Gasteiger partial charge in [-0.25, -0.2) is 8.78 Å². The van der Waals surface area contributed by atoms with Gasteiger partial charge in [-0.05, 0) is 19.1 Å². The summed E-state index contributed by atoms with van der Waals surface area (Å²) in [6.07, 6.45) is 0. The van der Waals surface area contributed by atoms with Crippen molar-refractivity contribution in [2.75, 3.05) is 6.54 Å². The van der Waals surface area contributed by atoms with Crippen molar-refractivity contribution in [3.63, 3.8) is 0 Å². The standard InChI is InChI=1S/C12H12ClF2N3O/c1-5(4-16)17-12(19)8-3-6-2-7(13)9(14)10(15)11(6)18-8/h2-3,5,18H,4,16H2,1H3,(H,17,19)/t5-/m1/s1. The zero-order chi connectivity index (χ0) is 14.2. The highest BCUT2D eigenvalue weighted by Gasteiger charge is 2.17. The Balaban J connectivity index is 2.42. The van der Waals surface area contributed by atoms with Crippen LogP contribution in [0.3, 0.4) is 0 Å². The highest BCUT2D eigenvalue weighted by Crippen LogP contribution is 2.27. The largest absolute Gasteiger partial charge is 0.348 e. The summed E-state index contributed by atoms with van der Waals surface area (Å²) in [6.45, 7) is 2.01. The lowest BCUT2D eigenvalue weighted by Crippen LogP contribution is -2.37. The molecule has 2 rings (SSSR count). The molecule has 0 saturated carbocycles. The molecule has 4 N–H and O–H groups in total. The van der Waals surface area contributed by atoms with Gasteiger partial charge in [-0.1, -0.05) is 11.6 Å². The molecule has 1 heterocycles. The van der Waals surface area contributed by atoms with Gasteiger partial charge in [0.15, 0.2) is 11.6 Å². The molecule has 7 heteroatoms. The summed E-state index contributed by atoms with van der Waals surface area (Å²) in [6, 6.07) is 2.45. The Kier molecular flexibility index (Phi) is 3.73. The molecular formula is C12H12ClF2N3O. The number of nitrogens with two attached hydrogens (primary N) is 1. The molecule has 1 aromatic heterocycles. The molecule has 0 aliphatic carbocycles. The van der Waals surface area contributed by atoms with Crippen molar-refractivity contribution in [1.29, 1.82) is 0 Å². The van der Waals surface area contributed by atoms with Crippen LogP contribution in [0.15, 0.2) is 12.1 Å². The van der Waals surface area contributed by atoms with Crippen molar-refractivity contribution >= 4 is 28.4 Å². The number of hydrogen-bond acceptors (Lipinski definition) is 2. The molecule has 19 heavy (non-hydrogen) atoms. The maximum atomic E-state index is 13.6. The van der Waals surface area contributed by atoms with Crippen molar-refractivity contribution < 1.29 is 13.6 Å². The monoisotopic (exact) mass is 287 g/mol. The average molecular weight is 288 g/mol. The van der Waals surface area contributed by atoms with E-state index in [1.54, 1.807) is 6.92 Å². The van der Waals surface area contributed by atoms with E-state index in [0.717, 1.165) is 0 Å². The Morgan fingerprint density at radius 3 is 2.79 bits per heavy atom. The van der Waals surface area contributed by atoms with Crippen LogP contribution in [0.4, 0.5) is 8.78 Å². The van der Waals surface area contributed by atoms with Crippen LogP contribution in [-0.2, 0) is 0 Å². The van der Waals surface area contributed by atoms with Gasteiger partial charge in [-0.3, -0.25) is 4.79 Å². The second-order valence-electron chi connectivity index (χ2n) is 4.24. The first-order valence-corrected chi connectivity index (χ1v) is 5.99. The van der Waals surface area contributed by atoms with Gasteiger partial charge in [0.2, 0.25) is 0 Å². The van der Waals surface area contributed by atoms with Crippen molar-refractivity contribution in [2.45, 2.75) is 13.0 Å². The lowest BCUT2D eigenvalue weighted by molar-refractivity contribution is 0.0937. The Bertz CT molecular complexity index is 641. The Morgan fingerprint density at radius 2 is 2.16 bits per heavy atom. The molecule has 1 aromatic carbocycles. The van der Waals surface area contributed by atoms with Gasteiger partial charge in [0.1, 0.15) is 5.69 Å². The molecule has 1 atom stereocenters. The minimum atomic E-state index is -1.14. The number of halogens is 3. The van der Waals surface area contributed by atoms with E-state index in [4.69, 9.17) is 17.3 Å². The molecule has 102 valence electrons. The molecule has 0 radical (unpaired) electrons. The molecular weight excluding hydrogens is 276 g/mol. The summed E-state index contributed by atoms with van der Waals surface area (Å²) in [4.78, 5) is 14.4. The van der Waals surface area contributed by atoms with Gasteiger partial charge in [-0.2, -0.15) is 0 Å². The number of fused-ring (bicyclic) bond motifs is 1. The summed E-state index contributed by atoms with van der Waals surface area (Å²) in [5.74, 6) is -2.68. The first-order valence-electron chi connectivity index (χ1n) is 5.61. The number of H-pyrrole nitrogens is 1. The number of aromatic nitrogens is 1. The van der Waals surface area contributed by atoms with Crippen molar-refractivity contribution in [2.24, 2.45) is 5.73 Å². The number of carbonyl (C=O) groups is 1. The van der Waals surface area contributed by atoms with E-state index in [2.05, 4.69) is 10.3 Å². The molecule has 0 bridgehead atoms. The van der Waals surface area contributed by atoms with Crippen LogP contribution in [-0.4, -0.2) is 23.5 Å². The van der Waals surface area contributed by atoms with E-state index in [-0.39, 0.29) is 28.8 Å². The minimum Gasteiger partial charge on any atom is -0.348 e. The van der Waals surface area contributed by atoms with E-state index in [1.165, 1.54) is 12.1 Å². The number of hydrogen-bond donors (Lipinski definition) is 3. The molecule has 0 saturated heterocycles. The topological polar surface area (TPSA) is 70.9 Å². The van der Waals surface area contributed by atoms with Gasteiger partial charge in [0.05, 0.1) is 10.5 Å². The molecule has 0 aliphatic heterocycles. The normalized spacial score (nSPS) is 12.7. The van der Waals surface area contributed by atoms with Crippen LogP contribution in [0.5, 0.6) is 0 Å². The zero-order valence-corrected chi connectivity index (χ0v) is 10.8. The highest BCUT2D eigenvalue weighted by molar-refractivity contribution is 6.31. The maximum absolute atomic E-state index is 13.6. The summed E-state index contributed by atoms with van der Waals surface area (Å²) in [7, 11) is 0. The Labute approximate surface area is 112 Å². The third-order valence-corrected chi connectivity index (χ3v) is 3.00. The predicted molar refractivity (Wildman–Crippen MR) is 69.2 cm³/mol. The lowest BCUT2D eigenvalue weighted by Gasteiger charge is -2.09. The molecule has 1 amide bonds. The van der Waals surface area contributed by atoms with E-state index < -0.39 is 17.5 Å². The van der Waals surface area contributed by atoms with Crippen molar-refractivity contribution in [3.05, 3.63) is 34.5 Å². The van der Waals surface area contributed by atoms with Gasteiger partial charge < -0.3 is 16.0 Å². The first kappa shape index (κ1) is 13.8. The van der Waals surface area contributed by atoms with Gasteiger partial charge >= 0.3 is 0 Å². The summed E-state index contributed by atoms with van der Waals surface area (Å²) in [5.41, 5.74) is 5.42. The second-order valence-corrected chi connectivity index (χ2v) is 4.65. The van der Waals surface area contributed by atoms with Crippen molar-refractivity contribution in [1.82, 2.24) is 10.3 Å². The lowest BCUT2D eigenvalue weighted by atomic mass is 10.2. The summed E-state index contributed by atoms with van der Waals surface area (Å²) >= 11 is 5.54. The molecule has 0 spiro atoms. The van der Waals surface area contributed by atoms with Crippen LogP contribution < -0.4 is 11.1 Å². The molecule has 0 aliphatic rings. The van der Waals surface area contributed by atoms with E-state index in [0.29, 0.717) is 5.39 Å². The highest BCUT2D eigenvalue weighted by atomic mass is 35.5. The van der Waals surface area contributed by atoms with Crippen LogP contribution in [0.2, 0.25) is 5.02 Å². The number of aromatic amines is 1. The first-order chi connectivity index (χ1) is 8.93. The molecule has 0 fully saturated rings. The molecule has 0 unspecified atom stereocenters. The fraction of sp³-hybridized carbons (Fsp3) is 0.250. The predicted octanol–water partition coefficient (Wildman–Crippen LogP) is 2.18. The second kappa shape index (κ2) is 5.14. The van der Waals surface area contributed by atoms with Crippen LogP contribution >= 0.6 is 11.6 Å². The van der Waals surface area contributed by atoms with Crippen LogP contribution in [0.1, 0.15) is 17.4 Å². The Morgan fingerprint density at radius 1 is 1.47 bits per heavy atom. The molecule has 4 nitrogen and oxygen atoms in total. The fourth-order valence-electron chi connectivity index (χ4n) is 1.66. The number of carbonyl (C=O) groups excluding carboxylic acids is 1. The fourth-order valence-corrected chi connectivity index (χ4v) is 1.86. The SMILES string of the molecule is C[C@H](CN)NC(=O)c1cc2cc(Cl)c(F)c(F)c2[nH]1.